The van der Waals surface area contributed by atoms with E-state index in [9.17, 15) is 13.6 Å². The molecule has 0 radical (unpaired) electrons. The number of rotatable bonds is 4. The fourth-order valence-electron chi connectivity index (χ4n) is 4.23. The molecule has 0 bridgehead atoms. The summed E-state index contributed by atoms with van der Waals surface area (Å²) in [5, 5.41) is 17.5. The normalized spacial score (nSPS) is 15.8. The molecule has 8 nitrogen and oxygen atoms in total. The number of amides is 1. The predicted octanol–water partition coefficient (Wildman–Crippen LogP) is 3.18. The molecule has 0 unspecified atom stereocenters. The van der Waals surface area contributed by atoms with E-state index < -0.39 is 17.5 Å². The summed E-state index contributed by atoms with van der Waals surface area (Å²) in [5.74, 6) is -1.86. The third kappa shape index (κ3) is 5.32. The Balaban J connectivity index is 1.44. The smallest absolute Gasteiger partial charge is 0.258 e. The van der Waals surface area contributed by atoms with Crippen LogP contribution in [0.2, 0.25) is 0 Å². The van der Waals surface area contributed by atoms with Gasteiger partial charge in [0.1, 0.15) is 11.6 Å². The molecular formula is C25H27F2N7O. The van der Waals surface area contributed by atoms with Gasteiger partial charge in [0.25, 0.3) is 5.91 Å². The van der Waals surface area contributed by atoms with E-state index in [1.807, 2.05) is 12.2 Å². The summed E-state index contributed by atoms with van der Waals surface area (Å²) >= 11 is 0. The van der Waals surface area contributed by atoms with Crippen LogP contribution in [0.25, 0.3) is 11.1 Å². The van der Waals surface area contributed by atoms with Gasteiger partial charge in [-0.05, 0) is 59.9 Å². The Labute approximate surface area is 201 Å². The van der Waals surface area contributed by atoms with Crippen LogP contribution in [0, 0.1) is 22.5 Å². The quantitative estimate of drug-likeness (QED) is 0.339. The highest BCUT2D eigenvalue weighted by molar-refractivity contribution is 6.04. The topological polar surface area (TPSA) is 135 Å². The van der Waals surface area contributed by atoms with Crippen LogP contribution in [0.15, 0.2) is 48.6 Å². The van der Waals surface area contributed by atoms with Crippen molar-refractivity contribution in [2.24, 2.45) is 11.5 Å². The Morgan fingerprint density at radius 1 is 0.857 bits per heavy atom. The molecule has 2 aliphatic heterocycles. The lowest BCUT2D eigenvalue weighted by atomic mass is 9.97. The molecule has 2 aromatic carbocycles. The zero-order valence-electron chi connectivity index (χ0n) is 19.1. The summed E-state index contributed by atoms with van der Waals surface area (Å²) in [4.78, 5) is 16.0. The minimum Gasteiger partial charge on any atom is -0.370 e. The molecule has 7 N–H and O–H groups in total. The predicted molar refractivity (Wildman–Crippen MR) is 133 cm³/mol. The Morgan fingerprint density at radius 3 is 2.00 bits per heavy atom. The molecule has 0 aromatic heterocycles. The molecule has 182 valence electrons. The van der Waals surface area contributed by atoms with E-state index in [0.717, 1.165) is 11.1 Å². The van der Waals surface area contributed by atoms with Gasteiger partial charge in [-0.15, -0.1) is 0 Å². The van der Waals surface area contributed by atoms with E-state index >= 15 is 0 Å². The fraction of sp³-hybridized carbons (Fsp3) is 0.240. The average molecular weight is 480 g/mol. The van der Waals surface area contributed by atoms with Crippen molar-refractivity contribution in [1.29, 1.82) is 10.8 Å². The van der Waals surface area contributed by atoms with Gasteiger partial charge < -0.3 is 26.6 Å². The largest absolute Gasteiger partial charge is 0.370 e. The number of carbonyl (C=O) groups excluding carboxylic acids is 1. The van der Waals surface area contributed by atoms with Gasteiger partial charge in [-0.1, -0.05) is 18.2 Å². The van der Waals surface area contributed by atoms with E-state index in [4.69, 9.17) is 22.3 Å². The summed E-state index contributed by atoms with van der Waals surface area (Å²) in [7, 11) is 0. The third-order valence-electron chi connectivity index (χ3n) is 6.26. The summed E-state index contributed by atoms with van der Waals surface area (Å²) in [5.41, 5.74) is 13.9. The van der Waals surface area contributed by atoms with Gasteiger partial charge in [-0.25, -0.2) is 8.78 Å². The number of hydrogen-bond donors (Lipinski definition) is 5. The fourth-order valence-corrected chi connectivity index (χ4v) is 4.23. The van der Waals surface area contributed by atoms with E-state index in [1.165, 1.54) is 18.2 Å². The molecular weight excluding hydrogens is 452 g/mol. The average Bonchev–Trinajstić information content (AvgIpc) is 2.84. The van der Waals surface area contributed by atoms with Crippen LogP contribution in [0.4, 0.5) is 14.5 Å². The standard InChI is InChI=1S/C25H27F2N7O/c26-21-13-17(15-5-9-33(10-6-15)24(28)29)1-3-20(21)23(35)32-18-2-4-19(22(27)14-18)16-7-11-34(12-8-16)25(30)31/h1-5,7,13-14H,6,8-12H2,(H3,28,29)(H3,30,31)(H,32,35). The van der Waals surface area contributed by atoms with Gasteiger partial charge in [-0.2, -0.15) is 0 Å². The van der Waals surface area contributed by atoms with Crippen molar-refractivity contribution >= 4 is 34.7 Å². The second kappa shape index (κ2) is 9.96. The number of benzene rings is 2. The first-order valence-electron chi connectivity index (χ1n) is 11.2. The summed E-state index contributed by atoms with van der Waals surface area (Å²) in [6.07, 6.45) is 4.88. The first-order valence-corrected chi connectivity index (χ1v) is 11.2. The van der Waals surface area contributed by atoms with Crippen molar-refractivity contribution in [3.63, 3.8) is 0 Å². The molecule has 2 aliphatic rings. The number of nitrogens with two attached hydrogens (primary N) is 2. The molecule has 0 aliphatic carbocycles. The van der Waals surface area contributed by atoms with E-state index in [1.54, 1.807) is 28.0 Å². The summed E-state index contributed by atoms with van der Waals surface area (Å²) in [6, 6.07) is 8.78. The number of guanidine groups is 2. The third-order valence-corrected chi connectivity index (χ3v) is 6.26. The maximum absolute atomic E-state index is 14.8. The molecule has 2 aromatic rings. The Bertz CT molecular complexity index is 1250. The molecule has 10 heteroatoms. The minimum absolute atomic E-state index is 0.00179. The SMILES string of the molecule is N=C(N)N1CC=C(c2ccc(C(=O)Nc3ccc(C4=CCN(C(=N)N)CC4)c(F)c3)c(F)c2)CC1. The molecule has 0 saturated carbocycles. The van der Waals surface area contributed by atoms with Gasteiger partial charge in [0.15, 0.2) is 11.9 Å². The molecule has 1 amide bonds. The molecule has 4 rings (SSSR count). The zero-order valence-corrected chi connectivity index (χ0v) is 19.1. The van der Waals surface area contributed by atoms with Crippen LogP contribution >= 0.6 is 0 Å². The number of nitrogens with one attached hydrogen (secondary N) is 3. The molecule has 0 fully saturated rings. The van der Waals surface area contributed by atoms with Crippen LogP contribution < -0.4 is 16.8 Å². The number of nitrogens with zero attached hydrogens (tertiary/aromatic N) is 2. The van der Waals surface area contributed by atoms with Crippen molar-refractivity contribution in [3.8, 4) is 0 Å². The first-order chi connectivity index (χ1) is 16.7. The molecule has 0 spiro atoms. The van der Waals surface area contributed by atoms with Crippen molar-refractivity contribution in [2.45, 2.75) is 12.8 Å². The number of carbonyl (C=O) groups is 1. The van der Waals surface area contributed by atoms with Gasteiger partial charge >= 0.3 is 0 Å². The van der Waals surface area contributed by atoms with Crippen molar-refractivity contribution in [2.75, 3.05) is 31.5 Å². The van der Waals surface area contributed by atoms with Crippen LogP contribution in [0.1, 0.15) is 34.3 Å². The highest BCUT2D eigenvalue weighted by Gasteiger charge is 2.19. The van der Waals surface area contributed by atoms with Crippen LogP contribution in [0.3, 0.4) is 0 Å². The minimum atomic E-state index is -0.672. The monoisotopic (exact) mass is 479 g/mol. The number of hydrogen-bond acceptors (Lipinski definition) is 3. The van der Waals surface area contributed by atoms with Crippen LogP contribution in [-0.4, -0.2) is 53.8 Å². The second-order valence-electron chi connectivity index (χ2n) is 8.46. The van der Waals surface area contributed by atoms with Gasteiger partial charge in [-0.3, -0.25) is 15.6 Å². The Morgan fingerprint density at radius 2 is 1.49 bits per heavy atom. The Kier molecular flexibility index (Phi) is 6.81. The maximum atomic E-state index is 14.8. The molecule has 0 saturated heterocycles. The highest BCUT2D eigenvalue weighted by Crippen LogP contribution is 2.28. The summed E-state index contributed by atoms with van der Waals surface area (Å²) in [6.45, 7) is 2.00. The lowest BCUT2D eigenvalue weighted by Crippen LogP contribution is -2.39. The molecule has 2 heterocycles. The lowest BCUT2D eigenvalue weighted by Gasteiger charge is -2.26. The van der Waals surface area contributed by atoms with Crippen molar-refractivity contribution in [3.05, 3.63) is 76.9 Å². The van der Waals surface area contributed by atoms with Crippen LogP contribution in [-0.2, 0) is 0 Å². The molecule has 35 heavy (non-hydrogen) atoms. The highest BCUT2D eigenvalue weighted by atomic mass is 19.1. The zero-order chi connectivity index (χ0) is 25.1. The first kappa shape index (κ1) is 23.9. The Hall–Kier alpha value is -4.21. The molecule has 0 atom stereocenters. The summed E-state index contributed by atoms with van der Waals surface area (Å²) < 4.78 is 29.6. The number of anilines is 1. The van der Waals surface area contributed by atoms with Gasteiger partial charge in [0.2, 0.25) is 0 Å². The van der Waals surface area contributed by atoms with Crippen molar-refractivity contribution < 1.29 is 13.6 Å². The van der Waals surface area contributed by atoms with Gasteiger partial charge in [0, 0.05) is 37.4 Å². The van der Waals surface area contributed by atoms with Crippen LogP contribution in [0.5, 0.6) is 0 Å². The number of halogens is 2. The van der Waals surface area contributed by atoms with Crippen molar-refractivity contribution in [1.82, 2.24) is 9.80 Å². The van der Waals surface area contributed by atoms with Gasteiger partial charge in [0.05, 0.1) is 5.56 Å². The second-order valence-corrected chi connectivity index (χ2v) is 8.46. The lowest BCUT2D eigenvalue weighted by molar-refractivity contribution is 0.102. The van der Waals surface area contributed by atoms with E-state index in [2.05, 4.69) is 5.32 Å². The van der Waals surface area contributed by atoms with E-state index in [-0.39, 0.29) is 23.2 Å². The van der Waals surface area contributed by atoms with E-state index in [0.29, 0.717) is 50.1 Å². The maximum Gasteiger partial charge on any atom is 0.258 e.